The highest BCUT2D eigenvalue weighted by Crippen LogP contribution is 2.36. The first kappa shape index (κ1) is 35.8. The van der Waals surface area contributed by atoms with Gasteiger partial charge in [-0.3, -0.25) is 13.9 Å². The van der Waals surface area contributed by atoms with Crippen LogP contribution in [0.2, 0.25) is 0 Å². The van der Waals surface area contributed by atoms with Gasteiger partial charge >= 0.3 is 0 Å². The van der Waals surface area contributed by atoms with Crippen LogP contribution in [0.4, 0.5) is 5.69 Å². The summed E-state index contributed by atoms with van der Waals surface area (Å²) < 4.78 is 46.3. The second-order valence-electron chi connectivity index (χ2n) is 11.2. The van der Waals surface area contributed by atoms with Gasteiger partial charge < -0.3 is 24.4 Å². The van der Waals surface area contributed by atoms with Crippen molar-refractivity contribution in [2.45, 2.75) is 44.2 Å². The number of anilines is 1. The normalized spacial score (nSPS) is 11.7. The molecular formula is C37H43N3O7S. The Kier molecular flexibility index (Phi) is 12.5. The highest BCUT2D eigenvalue weighted by Gasteiger charge is 2.35. The maximum Gasteiger partial charge on any atom is 0.264 e. The zero-order valence-electron chi connectivity index (χ0n) is 28.0. The fourth-order valence-electron chi connectivity index (χ4n) is 5.23. The van der Waals surface area contributed by atoms with Crippen molar-refractivity contribution in [3.05, 3.63) is 114 Å². The maximum absolute atomic E-state index is 14.7. The van der Waals surface area contributed by atoms with E-state index in [1.165, 1.54) is 37.3 Å². The van der Waals surface area contributed by atoms with Gasteiger partial charge in [-0.25, -0.2) is 8.42 Å². The van der Waals surface area contributed by atoms with Crippen molar-refractivity contribution in [3.8, 4) is 17.2 Å². The van der Waals surface area contributed by atoms with Crippen LogP contribution in [0.5, 0.6) is 17.2 Å². The lowest BCUT2D eigenvalue weighted by Gasteiger charge is -2.34. The predicted octanol–water partition coefficient (Wildman–Crippen LogP) is 5.38. The molecule has 10 nitrogen and oxygen atoms in total. The fraction of sp³-hybridized carbons (Fsp3) is 0.297. The zero-order chi connectivity index (χ0) is 34.7. The second kappa shape index (κ2) is 16.7. The Labute approximate surface area is 283 Å². The van der Waals surface area contributed by atoms with Gasteiger partial charge in [-0.05, 0) is 60.9 Å². The number of carbonyl (C=O) groups excluding carboxylic acids is 2. The molecule has 1 N–H and O–H groups in total. The molecule has 4 rings (SSSR count). The van der Waals surface area contributed by atoms with Crippen molar-refractivity contribution in [1.82, 2.24) is 10.2 Å². The quantitative estimate of drug-likeness (QED) is 0.170. The van der Waals surface area contributed by atoms with Gasteiger partial charge in [0.1, 0.15) is 29.8 Å². The van der Waals surface area contributed by atoms with Crippen molar-refractivity contribution in [3.63, 3.8) is 0 Å². The lowest BCUT2D eigenvalue weighted by molar-refractivity contribution is -0.140. The van der Waals surface area contributed by atoms with Crippen molar-refractivity contribution in [1.29, 1.82) is 0 Å². The van der Waals surface area contributed by atoms with Crippen LogP contribution in [0.25, 0.3) is 0 Å². The molecule has 48 heavy (non-hydrogen) atoms. The van der Waals surface area contributed by atoms with E-state index < -0.39 is 28.5 Å². The van der Waals surface area contributed by atoms with E-state index in [0.717, 1.165) is 15.4 Å². The van der Waals surface area contributed by atoms with E-state index in [0.29, 0.717) is 30.0 Å². The summed E-state index contributed by atoms with van der Waals surface area (Å²) in [6, 6.07) is 26.8. The molecule has 4 aromatic rings. The molecule has 0 spiro atoms. The summed E-state index contributed by atoms with van der Waals surface area (Å²) in [4.78, 5) is 30.0. The number of ether oxygens (including phenoxy) is 3. The minimum Gasteiger partial charge on any atom is -0.497 e. The number of hydrogen-bond acceptors (Lipinski definition) is 7. The van der Waals surface area contributed by atoms with Gasteiger partial charge in [0.25, 0.3) is 10.0 Å². The van der Waals surface area contributed by atoms with Crippen LogP contribution < -0.4 is 23.8 Å². The molecule has 0 aliphatic heterocycles. The van der Waals surface area contributed by atoms with Crippen LogP contribution in [0.3, 0.4) is 0 Å². The number of hydrogen-bond donors (Lipinski definition) is 1. The molecular weight excluding hydrogens is 630 g/mol. The number of rotatable bonds is 16. The highest BCUT2D eigenvalue weighted by atomic mass is 32.2. The number of sulfonamides is 1. The molecule has 11 heteroatoms. The molecule has 0 unspecified atom stereocenters. The van der Waals surface area contributed by atoms with E-state index in [9.17, 15) is 18.0 Å². The van der Waals surface area contributed by atoms with E-state index in [1.54, 1.807) is 49.6 Å². The summed E-state index contributed by atoms with van der Waals surface area (Å²) in [5.41, 5.74) is 2.54. The number of aryl methyl sites for hydroxylation is 1. The van der Waals surface area contributed by atoms with Crippen LogP contribution in [0, 0.1) is 6.92 Å². The second-order valence-corrected chi connectivity index (χ2v) is 13.1. The lowest BCUT2D eigenvalue weighted by atomic mass is 10.0. The van der Waals surface area contributed by atoms with Gasteiger partial charge in [-0.2, -0.15) is 0 Å². The third kappa shape index (κ3) is 8.86. The van der Waals surface area contributed by atoms with Crippen molar-refractivity contribution in [2.24, 2.45) is 0 Å². The number of methoxy groups -OCH3 is 3. The molecule has 1 atom stereocenters. The molecule has 0 aromatic heterocycles. The van der Waals surface area contributed by atoms with Gasteiger partial charge in [-0.15, -0.1) is 0 Å². The van der Waals surface area contributed by atoms with Gasteiger partial charge in [-0.1, -0.05) is 67.1 Å². The first-order valence-electron chi connectivity index (χ1n) is 15.7. The van der Waals surface area contributed by atoms with Crippen molar-refractivity contribution in [2.75, 3.05) is 38.7 Å². The first-order valence-corrected chi connectivity index (χ1v) is 17.1. The Morgan fingerprint density at radius 2 is 1.46 bits per heavy atom. The van der Waals surface area contributed by atoms with Crippen LogP contribution in [-0.4, -0.2) is 65.6 Å². The molecule has 0 heterocycles. The Morgan fingerprint density at radius 1 is 0.792 bits per heavy atom. The predicted molar refractivity (Wildman–Crippen MR) is 186 cm³/mol. The average Bonchev–Trinajstić information content (AvgIpc) is 3.11. The number of nitrogens with one attached hydrogen (secondary N) is 1. The standard InChI is InChI=1S/C37H43N3O7S/c1-6-21-38-37(42)34(23-28-11-8-7-9-12-28)39(25-29-13-10-14-30(22-29)45-3)36(41)26-40(33-24-31(46-4)17-20-35(33)47-5)48(43,44)32-18-15-27(2)16-19-32/h7-20,22,24,34H,6,21,23,25-26H2,1-5H3,(H,38,42)/t34-/m1/s1. The Morgan fingerprint density at radius 3 is 2.10 bits per heavy atom. The molecule has 0 bridgehead atoms. The molecule has 2 amide bonds. The number of amides is 2. The molecule has 0 fully saturated rings. The van der Waals surface area contributed by atoms with E-state index in [4.69, 9.17) is 14.2 Å². The highest BCUT2D eigenvalue weighted by molar-refractivity contribution is 7.92. The molecule has 0 saturated carbocycles. The van der Waals surface area contributed by atoms with E-state index in [-0.39, 0.29) is 35.2 Å². The molecule has 254 valence electrons. The largest absolute Gasteiger partial charge is 0.497 e. The third-order valence-electron chi connectivity index (χ3n) is 7.85. The van der Waals surface area contributed by atoms with Crippen LogP contribution >= 0.6 is 0 Å². The molecule has 0 aliphatic carbocycles. The van der Waals surface area contributed by atoms with Crippen LogP contribution in [0.15, 0.2) is 102 Å². The molecule has 0 radical (unpaired) electrons. The van der Waals surface area contributed by atoms with E-state index >= 15 is 0 Å². The van der Waals surface area contributed by atoms with Gasteiger partial charge in [0.2, 0.25) is 11.8 Å². The number of carbonyl (C=O) groups is 2. The average molecular weight is 674 g/mol. The van der Waals surface area contributed by atoms with Crippen molar-refractivity contribution >= 4 is 27.5 Å². The molecule has 4 aromatic carbocycles. The minimum absolute atomic E-state index is 0.00774. The Balaban J connectivity index is 1.87. The maximum atomic E-state index is 14.7. The summed E-state index contributed by atoms with van der Waals surface area (Å²) in [5.74, 6) is 0.242. The van der Waals surface area contributed by atoms with Gasteiger partial charge in [0, 0.05) is 25.6 Å². The topological polar surface area (TPSA) is 114 Å². The monoisotopic (exact) mass is 673 g/mol. The minimum atomic E-state index is -4.33. The van der Waals surface area contributed by atoms with Crippen molar-refractivity contribution < 1.29 is 32.2 Å². The van der Waals surface area contributed by atoms with Crippen LogP contribution in [0.1, 0.15) is 30.0 Å². The SMILES string of the molecule is CCCNC(=O)[C@@H](Cc1ccccc1)N(Cc1cccc(OC)c1)C(=O)CN(c1cc(OC)ccc1OC)S(=O)(=O)c1ccc(C)cc1. The third-order valence-corrected chi connectivity index (χ3v) is 9.62. The molecule has 0 aliphatic rings. The smallest absolute Gasteiger partial charge is 0.264 e. The Hall–Kier alpha value is -5.03. The van der Waals surface area contributed by atoms with Crippen LogP contribution in [-0.2, 0) is 32.6 Å². The Bertz CT molecular complexity index is 1780. The summed E-state index contributed by atoms with van der Waals surface area (Å²) >= 11 is 0. The summed E-state index contributed by atoms with van der Waals surface area (Å²) in [6.07, 6.45) is 0.908. The van der Waals surface area contributed by atoms with E-state index in [2.05, 4.69) is 5.32 Å². The molecule has 0 saturated heterocycles. The summed E-state index contributed by atoms with van der Waals surface area (Å²) in [5, 5.41) is 2.95. The van der Waals surface area contributed by atoms with Gasteiger partial charge in [0.15, 0.2) is 0 Å². The number of benzene rings is 4. The summed E-state index contributed by atoms with van der Waals surface area (Å²) in [6.45, 7) is 3.60. The lowest BCUT2D eigenvalue weighted by Crippen LogP contribution is -2.53. The first-order chi connectivity index (χ1) is 23.1. The zero-order valence-corrected chi connectivity index (χ0v) is 28.8. The van der Waals surface area contributed by atoms with Gasteiger partial charge in [0.05, 0.1) is 31.9 Å². The van der Waals surface area contributed by atoms with E-state index in [1.807, 2.05) is 50.2 Å². The summed E-state index contributed by atoms with van der Waals surface area (Å²) in [7, 11) is 0.110. The number of nitrogens with zero attached hydrogens (tertiary/aromatic N) is 2. The fourth-order valence-corrected chi connectivity index (χ4v) is 6.65.